The van der Waals surface area contributed by atoms with Crippen molar-refractivity contribution >= 4 is 33.3 Å². The second kappa shape index (κ2) is 29.6. The molecule has 15 aliphatic carbocycles. The Morgan fingerprint density at radius 2 is 0.861 bits per heavy atom. The highest BCUT2D eigenvalue weighted by molar-refractivity contribution is 9.09. The lowest BCUT2D eigenvalue weighted by atomic mass is 9.42. The van der Waals surface area contributed by atoms with Crippen LogP contribution in [0.3, 0.4) is 0 Å². The van der Waals surface area contributed by atoms with Crippen LogP contribution in [0.1, 0.15) is 251 Å². The molecule has 0 aromatic carbocycles. The number of halogens is 1. The molecule has 2 aromatic rings. The van der Waals surface area contributed by atoms with Crippen molar-refractivity contribution in [3.8, 4) is 12.1 Å². The van der Waals surface area contributed by atoms with Gasteiger partial charge in [-0.1, -0.05) is 36.7 Å². The number of hydrogen-bond donors (Lipinski definition) is 5. The number of ketones is 3. The van der Waals surface area contributed by atoms with E-state index in [0.29, 0.717) is 99.5 Å². The van der Waals surface area contributed by atoms with Crippen LogP contribution in [0.5, 0.6) is 0 Å². The van der Waals surface area contributed by atoms with Gasteiger partial charge in [-0.15, -0.1) is 0 Å². The van der Waals surface area contributed by atoms with Crippen LogP contribution in [-0.4, -0.2) is 128 Å². The van der Waals surface area contributed by atoms with E-state index in [4.69, 9.17) is 29.8 Å². The third-order valence-corrected chi connectivity index (χ3v) is 34.1. The highest BCUT2D eigenvalue weighted by atomic mass is 79.9. The number of rotatable bonds is 15. The molecule has 16 nitrogen and oxygen atoms in total. The van der Waals surface area contributed by atoms with Gasteiger partial charge >= 0.3 is 0 Å². The maximum Gasteiger partial charge on any atom is 0.157 e. The number of H-pyrrole nitrogens is 1. The average molecular weight is 1460 g/mol. The molecule has 17 heteroatoms. The van der Waals surface area contributed by atoms with Gasteiger partial charge in [-0.2, -0.15) is 20.7 Å². The zero-order chi connectivity index (χ0) is 71.7. The van der Waals surface area contributed by atoms with Gasteiger partial charge in [-0.3, -0.25) is 24.2 Å². The predicted molar refractivity (Wildman–Crippen MR) is 390 cm³/mol. The lowest BCUT2D eigenvalue weighted by Gasteiger charge is -2.63. The molecule has 0 unspecified atom stereocenters. The normalized spacial score (nSPS) is 45.7. The maximum atomic E-state index is 13.5. The number of alkyl halides is 1. The number of nitrogens with one attached hydrogen (secondary N) is 1. The van der Waals surface area contributed by atoms with E-state index in [0.717, 1.165) is 143 Å². The molecule has 15 saturated carbocycles. The molecule has 101 heavy (non-hydrogen) atoms. The van der Waals surface area contributed by atoms with Crippen LogP contribution in [-0.2, 0) is 35.1 Å². The summed E-state index contributed by atoms with van der Waals surface area (Å²) in [5.74, 6) is 13.5. The van der Waals surface area contributed by atoms with E-state index in [-0.39, 0.29) is 34.6 Å². The average Bonchev–Trinajstić information content (AvgIpc) is 1.64. The van der Waals surface area contributed by atoms with Gasteiger partial charge in [0.05, 0.1) is 72.0 Å². The standard InChI is InChI=1S/C29H41N3O3.C25H39BrO3.C25H40O3.C4H3N3.CH4O/c1-27-10-9-24-22(23(27)7-8-25(27)26(33)17-32-16-19(14-30)15-31-32)6-5-21-13-28(34,18-35-2)11-12-29(21,24)20-3-4-20;1-23-10-9-20-18(19(23)7-8-21(23)22(27)14-26)6-5-17-13-24(28,15-29-2)11-12-25(17,20)16-3-4-16;1-16(26)20-8-9-21-19-7-6-18-14-24(27,15-28-3)12-13-25(18,17-4-5-17)22(19)10-11-23(20,21)2;5-1-4-2-6-7-3-4;1-2/h15-16,20-25,34H,3-13,17-18H2,1-2H3;16-21,28H,3-15H2,1-2H3;17-22,27H,4-15H2,1-3H3;2-3H,(H,6,7);2H,1H3/t21-,22+,23+,24+,25-,27+,28-,29-;17-,18+,19+,20+,21-,23+,24-,25-;18-,19+,20-,21+,22+,23-,24-,25-;;/m111../s1. The maximum absolute atomic E-state index is 13.5. The van der Waals surface area contributed by atoms with Crippen LogP contribution in [0.15, 0.2) is 24.8 Å². The fourth-order valence-electron chi connectivity index (χ4n) is 29.5. The molecule has 560 valence electrons. The lowest BCUT2D eigenvalue weighted by Crippen LogP contribution is -2.58. The van der Waals surface area contributed by atoms with Crippen LogP contribution in [0.25, 0.3) is 0 Å². The van der Waals surface area contributed by atoms with Crippen molar-refractivity contribution in [3.05, 3.63) is 35.9 Å². The Balaban J connectivity index is 0.000000128. The van der Waals surface area contributed by atoms with Gasteiger partial charge in [-0.25, -0.2) is 0 Å². The molecule has 2 heterocycles. The Morgan fingerprint density at radius 1 is 0.495 bits per heavy atom. The first-order chi connectivity index (χ1) is 48.5. The molecule has 0 spiro atoms. The van der Waals surface area contributed by atoms with E-state index in [1.165, 1.54) is 147 Å². The molecule has 0 radical (unpaired) electrons. The lowest BCUT2D eigenvalue weighted by molar-refractivity contribution is -0.178. The number of fused-ring (bicyclic) bond motifs is 15. The number of methoxy groups -OCH3 is 3. The molecule has 0 aliphatic heterocycles. The molecule has 15 fully saturated rings. The summed E-state index contributed by atoms with van der Waals surface area (Å²) in [4.78, 5) is 38.6. The van der Waals surface area contributed by atoms with Crippen LogP contribution >= 0.6 is 15.9 Å². The molecule has 0 amide bonds. The zero-order valence-electron chi connectivity index (χ0n) is 62.9. The summed E-state index contributed by atoms with van der Waals surface area (Å²) < 4.78 is 17.9. The first-order valence-corrected chi connectivity index (χ1v) is 41.6. The fraction of sp³-hybridized carbons (Fsp3) is 0.869. The molecule has 5 N–H and O–H groups in total. The van der Waals surface area contributed by atoms with Crippen molar-refractivity contribution in [2.24, 2.45) is 139 Å². The number of nitrogens with zero attached hydrogens (tertiary/aromatic N) is 5. The van der Waals surface area contributed by atoms with E-state index in [2.05, 4.69) is 58.1 Å². The third-order valence-electron chi connectivity index (χ3n) is 33.5. The quantitative estimate of drug-likeness (QED) is 0.104. The minimum Gasteiger partial charge on any atom is -0.400 e. The van der Waals surface area contributed by atoms with E-state index in [9.17, 15) is 29.7 Å². The summed E-state index contributed by atoms with van der Waals surface area (Å²) in [6, 6.07) is 4.02. The van der Waals surface area contributed by atoms with E-state index in [1.54, 1.807) is 44.6 Å². The second-order valence-corrected chi connectivity index (χ2v) is 38.1. The molecular weight excluding hydrogens is 1330 g/mol. The largest absolute Gasteiger partial charge is 0.400 e. The fourth-order valence-corrected chi connectivity index (χ4v) is 29.9. The Kier molecular flexibility index (Phi) is 22.3. The van der Waals surface area contributed by atoms with Crippen LogP contribution in [0.2, 0.25) is 0 Å². The number of aliphatic hydroxyl groups excluding tert-OH is 1. The van der Waals surface area contributed by atoms with Crippen LogP contribution in [0, 0.1) is 162 Å². The summed E-state index contributed by atoms with van der Waals surface area (Å²) in [6.07, 6.45) is 46.0. The molecular formula is C84H127BrN6O10. The van der Waals surface area contributed by atoms with Gasteiger partial charge in [0.1, 0.15) is 23.7 Å². The molecule has 0 bridgehead atoms. The molecule has 15 aliphatic rings. The minimum absolute atomic E-state index is 0.0898. The second-order valence-electron chi connectivity index (χ2n) is 37.5. The third kappa shape index (κ3) is 13.4. The smallest absolute Gasteiger partial charge is 0.157 e. The zero-order valence-corrected chi connectivity index (χ0v) is 64.5. The summed E-state index contributed by atoms with van der Waals surface area (Å²) in [5.41, 5.74) is 1.19. The van der Waals surface area contributed by atoms with Gasteiger partial charge in [0, 0.05) is 58.6 Å². The number of aromatic nitrogens is 4. The minimum atomic E-state index is -0.642. The topological polar surface area (TPSA) is 254 Å². The predicted octanol–water partition coefficient (Wildman–Crippen LogP) is 15.0. The highest BCUT2D eigenvalue weighted by Gasteiger charge is 2.70. The number of hydrogen-bond acceptors (Lipinski definition) is 14. The van der Waals surface area contributed by atoms with Crippen molar-refractivity contribution < 1.29 is 49.0 Å². The van der Waals surface area contributed by atoms with Crippen LogP contribution < -0.4 is 0 Å². The van der Waals surface area contributed by atoms with Gasteiger partial charge in [0.2, 0.25) is 0 Å². The first kappa shape index (κ1) is 75.8. The molecule has 24 atom stereocenters. The van der Waals surface area contributed by atoms with Crippen molar-refractivity contribution in [3.63, 3.8) is 0 Å². The van der Waals surface area contributed by atoms with E-state index < -0.39 is 16.8 Å². The number of aromatic amines is 1. The highest BCUT2D eigenvalue weighted by Crippen LogP contribution is 2.77. The monoisotopic (exact) mass is 1460 g/mol. The molecule has 2 aromatic heterocycles. The summed E-state index contributed by atoms with van der Waals surface area (Å²) in [6.45, 7) is 10.9. The number of carbonyl (C=O) groups is 3. The van der Waals surface area contributed by atoms with Crippen molar-refractivity contribution in [1.29, 1.82) is 10.5 Å². The summed E-state index contributed by atoms with van der Waals surface area (Å²) in [7, 11) is 6.17. The van der Waals surface area contributed by atoms with Crippen LogP contribution in [0.4, 0.5) is 0 Å². The summed E-state index contributed by atoms with van der Waals surface area (Å²) >= 11 is 3.46. The van der Waals surface area contributed by atoms with Crippen molar-refractivity contribution in [2.75, 3.05) is 53.6 Å². The van der Waals surface area contributed by atoms with E-state index >= 15 is 0 Å². The Morgan fingerprint density at radius 3 is 1.18 bits per heavy atom. The Hall–Kier alpha value is -3.39. The first-order valence-electron chi connectivity index (χ1n) is 40.5. The Bertz CT molecular complexity index is 3320. The number of ether oxygens (including phenoxy) is 3. The van der Waals surface area contributed by atoms with Gasteiger partial charge < -0.3 is 34.6 Å². The Labute approximate surface area is 613 Å². The molecule has 17 rings (SSSR count). The number of aliphatic hydroxyl groups is 4. The SMILES string of the molecule is CO.COC[C@@]1(O)CC[C@@]2(C3CC3)[C@H](CC[C@H]3[C@@H]4CC[C@H](C(=O)CBr)[C@@]4(C)CC[C@@H]32)C1.COC[C@@]1(O)CC[C@@]2(C3CC3)[C@H](CC[C@H]3[C@@H]4CC[C@H](C(=O)Cn5cc(C#N)cn5)[C@@]4(C)CC[C@@H]32)C1.COC[C@@]1(O)CC[C@@]2(C3CC3)[C@H](CC[C@H]3[C@@H]4CC[C@H](C(C)=O)[C@@]4(C)CC[C@@H]32)C1.N#Cc1cn[nH]c1. The number of carbonyl (C=O) groups excluding carboxylic acids is 3. The summed E-state index contributed by atoms with van der Waals surface area (Å²) in [5, 5.41) is 68.6. The number of Topliss-reactive ketones (excluding diaryl/α,β-unsaturated/α-hetero) is 3. The van der Waals surface area contributed by atoms with Gasteiger partial charge in [0.25, 0.3) is 0 Å². The molecule has 0 saturated heterocycles. The van der Waals surface area contributed by atoms with E-state index in [1.807, 2.05) is 13.0 Å². The van der Waals surface area contributed by atoms with Gasteiger partial charge in [-0.05, 0) is 340 Å². The number of nitriles is 2. The van der Waals surface area contributed by atoms with Crippen molar-refractivity contribution in [2.45, 2.75) is 263 Å². The van der Waals surface area contributed by atoms with Gasteiger partial charge in [0.15, 0.2) is 5.78 Å². The van der Waals surface area contributed by atoms with Crippen molar-refractivity contribution in [1.82, 2.24) is 20.0 Å².